The topological polar surface area (TPSA) is 29.1 Å². The van der Waals surface area contributed by atoms with Crippen molar-refractivity contribution in [3.63, 3.8) is 0 Å². The molecule has 0 radical (unpaired) electrons. The summed E-state index contributed by atoms with van der Waals surface area (Å²) in [4.78, 5) is 11.4. The van der Waals surface area contributed by atoms with Crippen molar-refractivity contribution >= 4 is 46.4 Å². The molecular formula is C15H9Cl3FNO. The molecule has 0 bridgehead atoms. The van der Waals surface area contributed by atoms with Crippen molar-refractivity contribution in [3.8, 4) is 0 Å². The van der Waals surface area contributed by atoms with Crippen molar-refractivity contribution < 1.29 is 9.18 Å². The standard InChI is InChI=1S/C15H9Cl3FNO/c16-9-2-1-3-11(19)14(9)15(18)8-4-7-5-13(21)20-12(7)6-10(8)17/h1-4,6,15H,5H2,(H,20,21). The molecule has 1 aliphatic heterocycles. The van der Waals surface area contributed by atoms with Crippen molar-refractivity contribution in [1.82, 2.24) is 0 Å². The van der Waals surface area contributed by atoms with E-state index in [1.165, 1.54) is 12.1 Å². The monoisotopic (exact) mass is 343 g/mol. The molecule has 108 valence electrons. The zero-order valence-corrected chi connectivity index (χ0v) is 12.9. The van der Waals surface area contributed by atoms with E-state index in [-0.39, 0.29) is 22.9 Å². The molecule has 3 rings (SSSR count). The second kappa shape index (κ2) is 5.48. The Labute approximate surface area is 135 Å². The molecule has 0 fully saturated rings. The summed E-state index contributed by atoms with van der Waals surface area (Å²) < 4.78 is 14.0. The number of amides is 1. The summed E-state index contributed by atoms with van der Waals surface area (Å²) >= 11 is 18.6. The van der Waals surface area contributed by atoms with Crippen molar-refractivity contribution in [2.75, 3.05) is 5.32 Å². The van der Waals surface area contributed by atoms with Gasteiger partial charge in [0.1, 0.15) is 5.82 Å². The molecule has 1 unspecified atom stereocenters. The molecule has 0 spiro atoms. The van der Waals surface area contributed by atoms with Crippen LogP contribution in [0.2, 0.25) is 10.0 Å². The van der Waals surface area contributed by atoms with Crippen molar-refractivity contribution in [2.45, 2.75) is 11.8 Å². The fourth-order valence-corrected chi connectivity index (χ4v) is 3.43. The van der Waals surface area contributed by atoms with Gasteiger partial charge >= 0.3 is 0 Å². The molecule has 0 aliphatic carbocycles. The van der Waals surface area contributed by atoms with Gasteiger partial charge in [-0.05, 0) is 35.4 Å². The van der Waals surface area contributed by atoms with Gasteiger partial charge in [0.15, 0.2) is 0 Å². The van der Waals surface area contributed by atoms with Crippen LogP contribution in [0.15, 0.2) is 30.3 Å². The molecule has 2 aromatic rings. The van der Waals surface area contributed by atoms with Crippen molar-refractivity contribution in [2.24, 2.45) is 0 Å². The van der Waals surface area contributed by atoms with Crippen LogP contribution in [-0.4, -0.2) is 5.91 Å². The number of rotatable bonds is 2. The SMILES string of the molecule is O=C1Cc2cc(C(Cl)c3c(F)cccc3Cl)c(Cl)cc2N1. The van der Waals surface area contributed by atoms with Crippen molar-refractivity contribution in [1.29, 1.82) is 0 Å². The van der Waals surface area contributed by atoms with Crippen LogP contribution < -0.4 is 5.32 Å². The molecule has 6 heteroatoms. The summed E-state index contributed by atoms with van der Waals surface area (Å²) in [6.45, 7) is 0. The van der Waals surface area contributed by atoms with Crippen molar-refractivity contribution in [3.05, 3.63) is 62.9 Å². The van der Waals surface area contributed by atoms with E-state index < -0.39 is 11.2 Å². The minimum atomic E-state index is -0.827. The molecule has 1 amide bonds. The molecule has 0 saturated carbocycles. The lowest BCUT2D eigenvalue weighted by atomic mass is 10.0. The Morgan fingerprint density at radius 1 is 1.19 bits per heavy atom. The smallest absolute Gasteiger partial charge is 0.228 e. The number of anilines is 1. The molecule has 1 heterocycles. The van der Waals surface area contributed by atoms with E-state index in [4.69, 9.17) is 34.8 Å². The first-order valence-corrected chi connectivity index (χ1v) is 7.36. The fraction of sp³-hybridized carbons (Fsp3) is 0.133. The largest absolute Gasteiger partial charge is 0.325 e. The average molecular weight is 345 g/mol. The van der Waals surface area contributed by atoms with Crippen LogP contribution in [0.3, 0.4) is 0 Å². The maximum Gasteiger partial charge on any atom is 0.228 e. The Hall–Kier alpha value is -1.29. The van der Waals surface area contributed by atoms with Crippen LogP contribution in [0.5, 0.6) is 0 Å². The third-order valence-electron chi connectivity index (χ3n) is 3.37. The van der Waals surface area contributed by atoms with Gasteiger partial charge in [0.05, 0.1) is 11.8 Å². The van der Waals surface area contributed by atoms with Gasteiger partial charge in [-0.25, -0.2) is 4.39 Å². The van der Waals surface area contributed by atoms with Crippen LogP contribution in [0.4, 0.5) is 10.1 Å². The molecular weight excluding hydrogens is 336 g/mol. The minimum Gasteiger partial charge on any atom is -0.325 e. The Morgan fingerprint density at radius 2 is 1.95 bits per heavy atom. The summed E-state index contributed by atoms with van der Waals surface area (Å²) in [5.41, 5.74) is 2.16. The summed E-state index contributed by atoms with van der Waals surface area (Å²) in [5.74, 6) is -0.596. The van der Waals surface area contributed by atoms with Gasteiger partial charge in [-0.1, -0.05) is 29.3 Å². The Balaban J connectivity index is 2.09. The molecule has 2 aromatic carbocycles. The van der Waals surface area contributed by atoms with E-state index >= 15 is 0 Å². The summed E-state index contributed by atoms with van der Waals surface area (Å²) in [7, 11) is 0. The lowest BCUT2D eigenvalue weighted by molar-refractivity contribution is -0.115. The van der Waals surface area contributed by atoms with Crippen LogP contribution in [0.25, 0.3) is 0 Å². The van der Waals surface area contributed by atoms with Crippen LogP contribution >= 0.6 is 34.8 Å². The number of benzene rings is 2. The van der Waals surface area contributed by atoms with Gasteiger partial charge in [-0.2, -0.15) is 0 Å². The van der Waals surface area contributed by atoms with Gasteiger partial charge < -0.3 is 5.32 Å². The molecule has 2 nitrogen and oxygen atoms in total. The number of alkyl halides is 1. The number of carbonyl (C=O) groups is 1. The first kappa shape index (κ1) is 14.6. The maximum atomic E-state index is 14.0. The third kappa shape index (κ3) is 2.61. The zero-order valence-electron chi connectivity index (χ0n) is 10.6. The van der Waals surface area contributed by atoms with Crippen LogP contribution in [0.1, 0.15) is 22.1 Å². The van der Waals surface area contributed by atoms with Gasteiger partial charge in [-0.3, -0.25) is 4.79 Å². The summed E-state index contributed by atoms with van der Waals surface area (Å²) in [6, 6.07) is 7.72. The Morgan fingerprint density at radius 3 is 2.67 bits per heavy atom. The highest BCUT2D eigenvalue weighted by Crippen LogP contribution is 2.41. The van der Waals surface area contributed by atoms with Gasteiger partial charge in [0.25, 0.3) is 0 Å². The lowest BCUT2D eigenvalue weighted by Crippen LogP contribution is -2.03. The lowest BCUT2D eigenvalue weighted by Gasteiger charge is -2.16. The van der Waals surface area contributed by atoms with E-state index in [0.717, 1.165) is 5.56 Å². The molecule has 21 heavy (non-hydrogen) atoms. The molecule has 0 saturated heterocycles. The van der Waals surface area contributed by atoms with Crippen LogP contribution in [0, 0.1) is 5.82 Å². The number of carbonyl (C=O) groups excluding carboxylic acids is 1. The number of hydrogen-bond acceptors (Lipinski definition) is 1. The van der Waals surface area contributed by atoms with Gasteiger partial charge in [-0.15, -0.1) is 11.6 Å². The van der Waals surface area contributed by atoms with E-state index in [1.54, 1.807) is 18.2 Å². The molecule has 0 aromatic heterocycles. The first-order valence-electron chi connectivity index (χ1n) is 6.17. The zero-order chi connectivity index (χ0) is 15.1. The Kier molecular flexibility index (Phi) is 3.82. The predicted octanol–water partition coefficient (Wildman–Crippen LogP) is 4.96. The highest BCUT2D eigenvalue weighted by atomic mass is 35.5. The highest BCUT2D eigenvalue weighted by molar-refractivity contribution is 6.35. The fourth-order valence-electron chi connectivity index (χ4n) is 2.37. The second-order valence-electron chi connectivity index (χ2n) is 4.75. The quantitative estimate of drug-likeness (QED) is 0.767. The van der Waals surface area contributed by atoms with Crippen LogP contribution in [-0.2, 0) is 11.2 Å². The van der Waals surface area contributed by atoms with E-state index in [9.17, 15) is 9.18 Å². The summed E-state index contributed by atoms with van der Waals surface area (Å²) in [6.07, 6.45) is 0.258. The van der Waals surface area contributed by atoms with E-state index in [1.807, 2.05) is 0 Å². The first-order chi connectivity index (χ1) is 9.97. The molecule has 1 atom stereocenters. The van der Waals surface area contributed by atoms with E-state index in [2.05, 4.69) is 5.32 Å². The number of fused-ring (bicyclic) bond motifs is 1. The second-order valence-corrected chi connectivity index (χ2v) is 6.00. The average Bonchev–Trinajstić information content (AvgIpc) is 2.76. The minimum absolute atomic E-state index is 0.103. The molecule has 1 aliphatic rings. The highest BCUT2D eigenvalue weighted by Gasteiger charge is 2.25. The molecule has 1 N–H and O–H groups in total. The third-order valence-corrected chi connectivity index (χ3v) is 4.48. The number of nitrogens with one attached hydrogen (secondary N) is 1. The normalized spacial score (nSPS) is 14.8. The maximum absolute atomic E-state index is 14.0. The van der Waals surface area contributed by atoms with Gasteiger partial charge in [0, 0.05) is 21.3 Å². The summed E-state index contributed by atoms with van der Waals surface area (Å²) in [5, 5.41) is 2.47. The van der Waals surface area contributed by atoms with Gasteiger partial charge in [0.2, 0.25) is 5.91 Å². The number of halogens is 4. The Bertz CT molecular complexity index is 728. The predicted molar refractivity (Wildman–Crippen MR) is 82.9 cm³/mol. The number of hydrogen-bond donors (Lipinski definition) is 1. The van der Waals surface area contributed by atoms with E-state index in [0.29, 0.717) is 16.3 Å².